The Morgan fingerprint density at radius 2 is 1.09 bits per heavy atom. The van der Waals surface area contributed by atoms with Gasteiger partial charge in [0.2, 0.25) is 21.9 Å². The summed E-state index contributed by atoms with van der Waals surface area (Å²) in [5.74, 6) is 0. The van der Waals surface area contributed by atoms with Crippen LogP contribution in [0.3, 0.4) is 0 Å². The molecule has 2 heterocycles. The van der Waals surface area contributed by atoms with E-state index >= 15 is 0 Å². The van der Waals surface area contributed by atoms with Crippen molar-refractivity contribution < 1.29 is 8.83 Å². The van der Waals surface area contributed by atoms with Gasteiger partial charge in [0.05, 0.1) is 5.57 Å². The molecule has 2 aromatic heterocycles. The number of nitrogens with zero attached hydrogens (tertiary/aromatic N) is 5. The lowest BCUT2D eigenvalue weighted by molar-refractivity contribution is 0.440. The normalized spacial score (nSPS) is 12.4. The maximum Gasteiger partial charge on any atom is 0.249 e. The first-order valence-electron chi connectivity index (χ1n) is 10.0. The zero-order chi connectivity index (χ0) is 23.5. The molecular weight excluding hydrogens is 414 g/mol. The molecule has 158 valence electrons. The highest BCUT2D eigenvalue weighted by Crippen LogP contribution is 2.23. The molecule has 0 fully saturated rings. The Balaban J connectivity index is 2.25. The van der Waals surface area contributed by atoms with Gasteiger partial charge in [-0.3, -0.25) is 0 Å². The number of aryl methyl sites for hydroxylation is 2. The summed E-state index contributed by atoms with van der Waals surface area (Å²) in [5, 5.41) is 28.0. The molecule has 7 nitrogen and oxygen atoms in total. The van der Waals surface area contributed by atoms with Gasteiger partial charge < -0.3 is 8.83 Å². The first-order valence-corrected chi connectivity index (χ1v) is 10.0. The van der Waals surface area contributed by atoms with Gasteiger partial charge in [-0.1, -0.05) is 59.7 Å². The van der Waals surface area contributed by atoms with Crippen LogP contribution in [0.2, 0.25) is 0 Å². The Bertz CT molecular complexity index is 1690. The summed E-state index contributed by atoms with van der Waals surface area (Å²) >= 11 is 0. The van der Waals surface area contributed by atoms with Crippen LogP contribution in [-0.4, -0.2) is 9.97 Å². The molecule has 2 aromatic carbocycles. The fourth-order valence-corrected chi connectivity index (χ4v) is 3.20. The van der Waals surface area contributed by atoms with Crippen LogP contribution in [0, 0.1) is 58.7 Å². The van der Waals surface area contributed by atoms with E-state index in [-0.39, 0.29) is 27.5 Å². The van der Waals surface area contributed by atoms with Crippen LogP contribution in [0.5, 0.6) is 0 Å². The Labute approximate surface area is 189 Å². The summed E-state index contributed by atoms with van der Waals surface area (Å²) in [7, 11) is 0. The third-order valence-electron chi connectivity index (χ3n) is 5.04. The Morgan fingerprint density at radius 3 is 1.52 bits per heavy atom. The number of hydrogen-bond acceptors (Lipinski definition) is 7. The third kappa shape index (κ3) is 4.02. The molecule has 0 saturated carbocycles. The Morgan fingerprint density at radius 1 is 0.667 bits per heavy atom. The molecule has 0 bridgehead atoms. The molecule has 33 heavy (non-hydrogen) atoms. The highest BCUT2D eigenvalue weighted by atomic mass is 16.4. The molecule has 0 aliphatic carbocycles. The second kappa shape index (κ2) is 8.67. The van der Waals surface area contributed by atoms with Crippen molar-refractivity contribution in [3.8, 4) is 40.7 Å². The minimum absolute atomic E-state index is 0.112. The molecule has 0 spiro atoms. The van der Waals surface area contributed by atoms with Crippen LogP contribution in [-0.2, 0) is 0 Å². The maximum absolute atomic E-state index is 9.37. The highest BCUT2D eigenvalue weighted by Gasteiger charge is 2.16. The van der Waals surface area contributed by atoms with E-state index in [1.807, 2.05) is 74.5 Å². The van der Waals surface area contributed by atoms with E-state index in [1.165, 1.54) is 0 Å². The lowest BCUT2D eigenvalue weighted by atomic mass is 10.1. The summed E-state index contributed by atoms with van der Waals surface area (Å²) in [6, 6.07) is 20.9. The zero-order valence-corrected chi connectivity index (χ0v) is 18.2. The highest BCUT2D eigenvalue weighted by molar-refractivity contribution is 5.71. The van der Waals surface area contributed by atoms with Crippen molar-refractivity contribution in [1.29, 1.82) is 15.8 Å². The van der Waals surface area contributed by atoms with Crippen LogP contribution >= 0.6 is 0 Å². The number of benzene rings is 2. The van der Waals surface area contributed by atoms with Gasteiger partial charge in [-0.15, -0.1) is 0 Å². The maximum atomic E-state index is 9.37. The van der Waals surface area contributed by atoms with Crippen molar-refractivity contribution in [2.75, 3.05) is 0 Å². The van der Waals surface area contributed by atoms with E-state index in [4.69, 9.17) is 8.83 Å². The first-order chi connectivity index (χ1) is 15.9. The zero-order valence-electron chi connectivity index (χ0n) is 18.2. The summed E-state index contributed by atoms with van der Waals surface area (Å²) in [6.07, 6.45) is 0. The second-order valence-electron chi connectivity index (χ2n) is 7.46. The minimum atomic E-state index is -0.258. The number of aromatic nitrogens is 2. The monoisotopic (exact) mass is 431 g/mol. The van der Waals surface area contributed by atoms with Gasteiger partial charge >= 0.3 is 0 Å². The predicted octanol–water partition coefficient (Wildman–Crippen LogP) is 3.79. The lowest BCUT2D eigenvalue weighted by Gasteiger charge is -1.98. The van der Waals surface area contributed by atoms with Crippen LogP contribution in [0.1, 0.15) is 18.1 Å². The van der Waals surface area contributed by atoms with E-state index in [0.29, 0.717) is 17.0 Å². The van der Waals surface area contributed by atoms with E-state index in [9.17, 15) is 15.8 Å². The molecule has 0 unspecified atom stereocenters. The SMILES string of the molecule is C/C(C#N)=c1\nc(-c2ccc(C)cc2)/c(=c2\oc(=C(C#N)C#N)nc2-c2ccc(C)cc2)o1. The molecule has 0 amide bonds. The van der Waals surface area contributed by atoms with Crippen molar-refractivity contribution in [1.82, 2.24) is 9.97 Å². The number of oxazole rings is 2. The average molecular weight is 431 g/mol. The van der Waals surface area contributed by atoms with Crippen molar-refractivity contribution in [2.45, 2.75) is 20.8 Å². The molecule has 0 aliphatic rings. The topological polar surface area (TPSA) is 123 Å². The molecule has 0 aliphatic heterocycles. The van der Waals surface area contributed by atoms with Gasteiger partial charge in [0.15, 0.2) is 5.57 Å². The van der Waals surface area contributed by atoms with Crippen LogP contribution in [0.4, 0.5) is 0 Å². The van der Waals surface area contributed by atoms with Crippen LogP contribution in [0.25, 0.3) is 33.7 Å². The average Bonchev–Trinajstić information content (AvgIpc) is 3.45. The molecule has 4 aromatic rings. The molecule has 0 atom stereocenters. The van der Waals surface area contributed by atoms with E-state index in [0.717, 1.165) is 22.3 Å². The van der Waals surface area contributed by atoms with Gasteiger partial charge in [-0.05, 0) is 20.8 Å². The molecule has 4 rings (SSSR count). The largest absolute Gasteiger partial charge is 0.432 e. The molecule has 0 N–H and O–H groups in total. The fraction of sp³-hybridized carbons (Fsp3) is 0.115. The van der Waals surface area contributed by atoms with Crippen molar-refractivity contribution in [3.05, 3.63) is 81.6 Å². The van der Waals surface area contributed by atoms with Gasteiger partial charge in [0.1, 0.15) is 29.6 Å². The van der Waals surface area contributed by atoms with Crippen LogP contribution in [0.15, 0.2) is 57.4 Å². The van der Waals surface area contributed by atoms with Gasteiger partial charge in [0.25, 0.3) is 0 Å². The van der Waals surface area contributed by atoms with E-state index < -0.39 is 0 Å². The molecule has 0 radical (unpaired) electrons. The fourth-order valence-electron chi connectivity index (χ4n) is 3.20. The molecule has 0 saturated heterocycles. The number of hydrogen-bond donors (Lipinski definition) is 0. The van der Waals surface area contributed by atoms with Gasteiger partial charge in [0, 0.05) is 11.1 Å². The Hall–Kier alpha value is -4.93. The molecular formula is C26H17N5O2. The van der Waals surface area contributed by atoms with E-state index in [2.05, 4.69) is 16.0 Å². The summed E-state index contributed by atoms with van der Waals surface area (Å²) in [5.41, 5.74) is 5.04. The van der Waals surface area contributed by atoms with Crippen molar-refractivity contribution in [2.24, 2.45) is 0 Å². The first kappa shape index (κ1) is 21.3. The summed E-state index contributed by atoms with van der Waals surface area (Å²) in [4.78, 5) is 8.99. The number of rotatable bonds is 2. The third-order valence-corrected chi connectivity index (χ3v) is 5.04. The predicted molar refractivity (Wildman–Crippen MR) is 120 cm³/mol. The van der Waals surface area contributed by atoms with E-state index in [1.54, 1.807) is 6.92 Å². The van der Waals surface area contributed by atoms with Crippen molar-refractivity contribution >= 4 is 11.1 Å². The summed E-state index contributed by atoms with van der Waals surface area (Å²) in [6.45, 7) is 5.55. The number of nitriles is 3. The van der Waals surface area contributed by atoms with Gasteiger partial charge in [-0.2, -0.15) is 15.8 Å². The minimum Gasteiger partial charge on any atom is -0.432 e. The lowest BCUT2D eigenvalue weighted by Crippen LogP contribution is -2.04. The quantitative estimate of drug-likeness (QED) is 0.473. The molecule has 7 heteroatoms. The van der Waals surface area contributed by atoms with Crippen molar-refractivity contribution in [3.63, 3.8) is 0 Å². The van der Waals surface area contributed by atoms with Crippen LogP contribution < -0.4 is 11.1 Å². The smallest absolute Gasteiger partial charge is 0.249 e. The second-order valence-corrected chi connectivity index (χ2v) is 7.46. The summed E-state index contributed by atoms with van der Waals surface area (Å²) < 4.78 is 11.9. The van der Waals surface area contributed by atoms with Gasteiger partial charge in [-0.25, -0.2) is 9.97 Å². The Kier molecular flexibility index (Phi) is 5.60. The standard InChI is InChI=1S/C26H17N5O2/c1-15-4-8-18(9-5-15)21-23(32-25(30-21)17(3)12-27)24-22(19-10-6-16(2)7-11-19)31-26(33-24)20(13-28)14-29/h4-11H,1-3H3/b24-23+,25-17-.